The Morgan fingerprint density at radius 2 is 2.06 bits per heavy atom. The van der Waals surface area contributed by atoms with E-state index in [1.807, 2.05) is 19.3 Å². The van der Waals surface area contributed by atoms with Crippen LogP contribution in [0.2, 0.25) is 0 Å². The standard InChI is InChI=1S/C11H17F2N3O2/c1-7(2)6-17-3-4-18-11-9(13)5-8(12)10(15-11)16-14/h5,7H,3-4,6,14H2,1-2H3,(H,15,16). The van der Waals surface area contributed by atoms with E-state index in [1.54, 1.807) is 0 Å². The molecule has 0 aliphatic carbocycles. The van der Waals surface area contributed by atoms with Crippen molar-refractivity contribution in [3.8, 4) is 5.88 Å². The predicted molar refractivity (Wildman–Crippen MR) is 63.1 cm³/mol. The molecule has 5 nitrogen and oxygen atoms in total. The maximum absolute atomic E-state index is 13.3. The lowest BCUT2D eigenvalue weighted by Gasteiger charge is -2.10. The second kappa shape index (κ2) is 7.07. The molecule has 1 rings (SSSR count). The van der Waals surface area contributed by atoms with Gasteiger partial charge in [-0.1, -0.05) is 13.8 Å². The Labute approximate surface area is 104 Å². The van der Waals surface area contributed by atoms with E-state index in [9.17, 15) is 8.78 Å². The molecule has 0 amide bonds. The highest BCUT2D eigenvalue weighted by molar-refractivity contribution is 5.38. The van der Waals surface area contributed by atoms with Crippen LogP contribution in [-0.2, 0) is 4.74 Å². The van der Waals surface area contributed by atoms with Crippen molar-refractivity contribution in [2.75, 3.05) is 25.2 Å². The Morgan fingerprint density at radius 1 is 1.33 bits per heavy atom. The van der Waals surface area contributed by atoms with Crippen LogP contribution < -0.4 is 16.0 Å². The first kappa shape index (κ1) is 14.6. The van der Waals surface area contributed by atoms with Gasteiger partial charge in [-0.05, 0) is 5.92 Å². The normalized spacial score (nSPS) is 10.8. The van der Waals surface area contributed by atoms with E-state index >= 15 is 0 Å². The van der Waals surface area contributed by atoms with Gasteiger partial charge in [0.25, 0.3) is 5.88 Å². The van der Waals surface area contributed by atoms with Gasteiger partial charge in [-0.25, -0.2) is 14.6 Å². The zero-order valence-electron chi connectivity index (χ0n) is 10.4. The summed E-state index contributed by atoms with van der Waals surface area (Å²) >= 11 is 0. The number of nitrogens with zero attached hydrogens (tertiary/aromatic N) is 1. The lowest BCUT2D eigenvalue weighted by Crippen LogP contribution is -2.14. The van der Waals surface area contributed by atoms with Crippen molar-refractivity contribution in [2.45, 2.75) is 13.8 Å². The van der Waals surface area contributed by atoms with Gasteiger partial charge < -0.3 is 14.9 Å². The minimum absolute atomic E-state index is 0.131. The summed E-state index contributed by atoms with van der Waals surface area (Å²) in [5, 5.41) is 0. The molecule has 0 aliphatic heterocycles. The van der Waals surface area contributed by atoms with Crippen molar-refractivity contribution in [1.82, 2.24) is 4.98 Å². The van der Waals surface area contributed by atoms with Crippen LogP contribution in [0.5, 0.6) is 5.88 Å². The van der Waals surface area contributed by atoms with Crippen molar-refractivity contribution in [3.63, 3.8) is 0 Å². The molecule has 0 atom stereocenters. The summed E-state index contributed by atoms with van der Waals surface area (Å²) in [6, 6.07) is 0.659. The summed E-state index contributed by atoms with van der Waals surface area (Å²) < 4.78 is 36.6. The third kappa shape index (κ3) is 4.42. The third-order valence-electron chi connectivity index (χ3n) is 1.95. The molecule has 0 saturated heterocycles. The van der Waals surface area contributed by atoms with Crippen molar-refractivity contribution >= 4 is 5.82 Å². The summed E-state index contributed by atoms with van der Waals surface area (Å²) in [6.45, 7) is 5.06. The van der Waals surface area contributed by atoms with Crippen LogP contribution >= 0.6 is 0 Å². The van der Waals surface area contributed by atoms with E-state index < -0.39 is 11.6 Å². The molecule has 0 spiro atoms. The highest BCUT2D eigenvalue weighted by Gasteiger charge is 2.12. The molecule has 0 bridgehead atoms. The van der Waals surface area contributed by atoms with Gasteiger partial charge >= 0.3 is 0 Å². The number of nitrogen functional groups attached to an aromatic ring is 1. The average molecular weight is 261 g/mol. The fourth-order valence-electron chi connectivity index (χ4n) is 1.17. The Hall–Kier alpha value is -1.47. The van der Waals surface area contributed by atoms with E-state index in [-0.39, 0.29) is 18.3 Å². The second-order valence-electron chi connectivity index (χ2n) is 4.07. The van der Waals surface area contributed by atoms with Gasteiger partial charge in [-0.2, -0.15) is 4.98 Å². The number of hydrazine groups is 1. The number of nitrogens with one attached hydrogen (secondary N) is 1. The van der Waals surface area contributed by atoms with Crippen molar-refractivity contribution in [1.29, 1.82) is 0 Å². The van der Waals surface area contributed by atoms with Gasteiger partial charge in [-0.15, -0.1) is 0 Å². The number of anilines is 1. The quantitative estimate of drug-likeness (QED) is 0.444. The number of halogens is 2. The first-order valence-electron chi connectivity index (χ1n) is 5.57. The van der Waals surface area contributed by atoms with Crippen LogP contribution in [0.1, 0.15) is 13.8 Å². The van der Waals surface area contributed by atoms with Gasteiger partial charge in [-0.3, -0.25) is 0 Å². The summed E-state index contributed by atoms with van der Waals surface area (Å²) in [4.78, 5) is 3.56. The van der Waals surface area contributed by atoms with Crippen LogP contribution in [0, 0.1) is 17.6 Å². The Balaban J connectivity index is 2.47. The van der Waals surface area contributed by atoms with Crippen molar-refractivity contribution in [2.24, 2.45) is 11.8 Å². The molecule has 0 fully saturated rings. The number of aromatic nitrogens is 1. The largest absolute Gasteiger partial charge is 0.473 e. The molecule has 0 unspecified atom stereocenters. The topological polar surface area (TPSA) is 69.4 Å². The lowest BCUT2D eigenvalue weighted by molar-refractivity contribution is 0.0793. The van der Waals surface area contributed by atoms with Crippen LogP contribution in [0.15, 0.2) is 6.07 Å². The number of pyridine rings is 1. The van der Waals surface area contributed by atoms with Gasteiger partial charge in [0.2, 0.25) is 0 Å². The summed E-state index contributed by atoms with van der Waals surface area (Å²) in [7, 11) is 0. The monoisotopic (exact) mass is 261 g/mol. The maximum atomic E-state index is 13.3. The first-order valence-corrected chi connectivity index (χ1v) is 5.57. The van der Waals surface area contributed by atoms with Crippen molar-refractivity contribution < 1.29 is 18.3 Å². The Bertz CT molecular complexity index is 389. The molecule has 102 valence electrons. The fourth-order valence-corrected chi connectivity index (χ4v) is 1.17. The number of hydrogen-bond donors (Lipinski definition) is 2. The fraction of sp³-hybridized carbons (Fsp3) is 0.545. The van der Waals surface area contributed by atoms with Crippen LogP contribution in [0.25, 0.3) is 0 Å². The van der Waals surface area contributed by atoms with Crippen LogP contribution in [-0.4, -0.2) is 24.8 Å². The van der Waals surface area contributed by atoms with E-state index in [4.69, 9.17) is 15.3 Å². The minimum Gasteiger partial charge on any atom is -0.473 e. The SMILES string of the molecule is CC(C)COCCOc1nc(NN)c(F)cc1F. The van der Waals surface area contributed by atoms with Gasteiger partial charge in [0.1, 0.15) is 6.61 Å². The van der Waals surface area contributed by atoms with Gasteiger partial charge in [0, 0.05) is 12.7 Å². The molecule has 18 heavy (non-hydrogen) atoms. The average Bonchev–Trinajstić information content (AvgIpc) is 2.30. The molecule has 7 heteroatoms. The molecule has 3 N–H and O–H groups in total. The molecular weight excluding hydrogens is 244 g/mol. The third-order valence-corrected chi connectivity index (χ3v) is 1.95. The second-order valence-corrected chi connectivity index (χ2v) is 4.07. The summed E-state index contributed by atoms with van der Waals surface area (Å²) in [5.74, 6) is 3.11. The molecular formula is C11H17F2N3O2. The van der Waals surface area contributed by atoms with E-state index in [0.29, 0.717) is 25.2 Å². The Morgan fingerprint density at radius 3 is 2.67 bits per heavy atom. The van der Waals surface area contributed by atoms with E-state index in [0.717, 1.165) is 0 Å². The first-order chi connectivity index (χ1) is 8.54. The van der Waals surface area contributed by atoms with E-state index in [1.165, 1.54) is 0 Å². The highest BCUT2D eigenvalue weighted by atomic mass is 19.1. The van der Waals surface area contributed by atoms with E-state index in [2.05, 4.69) is 4.98 Å². The number of nitrogens with two attached hydrogens (primary N) is 1. The summed E-state index contributed by atoms with van der Waals surface area (Å²) in [5.41, 5.74) is 2.02. The molecule has 0 saturated carbocycles. The van der Waals surface area contributed by atoms with Crippen LogP contribution in [0.3, 0.4) is 0 Å². The zero-order valence-corrected chi connectivity index (χ0v) is 10.4. The number of hydrogen-bond acceptors (Lipinski definition) is 5. The summed E-state index contributed by atoms with van der Waals surface area (Å²) in [6.07, 6.45) is 0. The number of rotatable bonds is 7. The van der Waals surface area contributed by atoms with Crippen molar-refractivity contribution in [3.05, 3.63) is 17.7 Å². The molecule has 0 aromatic carbocycles. The Kier molecular flexibility index (Phi) is 5.73. The van der Waals surface area contributed by atoms with Crippen LogP contribution in [0.4, 0.5) is 14.6 Å². The number of ether oxygens (including phenoxy) is 2. The zero-order chi connectivity index (χ0) is 13.5. The molecule has 0 aliphatic rings. The lowest BCUT2D eigenvalue weighted by atomic mass is 10.2. The van der Waals surface area contributed by atoms with Gasteiger partial charge in [0.15, 0.2) is 17.5 Å². The minimum atomic E-state index is -0.879. The maximum Gasteiger partial charge on any atom is 0.252 e. The van der Waals surface area contributed by atoms with Gasteiger partial charge in [0.05, 0.1) is 6.61 Å². The molecule has 1 aromatic heterocycles. The predicted octanol–water partition coefficient (Wildman–Crippen LogP) is 1.70. The molecule has 1 aromatic rings. The molecule has 1 heterocycles. The highest BCUT2D eigenvalue weighted by Crippen LogP contribution is 2.19. The smallest absolute Gasteiger partial charge is 0.252 e. The molecule has 0 radical (unpaired) electrons.